The molecule has 0 heterocycles. The summed E-state index contributed by atoms with van der Waals surface area (Å²) in [5.41, 5.74) is -2.44. The van der Waals surface area contributed by atoms with E-state index in [1.807, 2.05) is 6.07 Å². The second-order valence-corrected chi connectivity index (χ2v) is 12.1. The van der Waals surface area contributed by atoms with Gasteiger partial charge in [-0.05, 0) is 103 Å². The van der Waals surface area contributed by atoms with Crippen LogP contribution in [0, 0.1) is 29.2 Å². The highest BCUT2D eigenvalue weighted by atomic mass is 19.4. The lowest BCUT2D eigenvalue weighted by molar-refractivity contribution is -0.189. The standard InChI is InChI=1S/C37H33F9O/c1-2-3-4-5-22-6-8-23(9-7-22)24-10-16-29(31(38)18-24)25-11-17-30(32(39)19-25)26-20-33(40)35(34(41)21-26)37(45,46)47-28-14-12-27(13-15-28)36(42,43)44/h10-23H,2-9H2,1H3. The third-order valence-electron chi connectivity index (χ3n) is 8.88. The first-order valence-electron chi connectivity index (χ1n) is 15.6. The summed E-state index contributed by atoms with van der Waals surface area (Å²) in [4.78, 5) is 0. The number of benzene rings is 4. The van der Waals surface area contributed by atoms with E-state index in [4.69, 9.17) is 0 Å². The lowest BCUT2D eigenvalue weighted by Gasteiger charge is -2.29. The molecule has 0 spiro atoms. The summed E-state index contributed by atoms with van der Waals surface area (Å²) in [7, 11) is 0. The zero-order chi connectivity index (χ0) is 33.9. The molecular formula is C37H33F9O. The van der Waals surface area contributed by atoms with Crippen LogP contribution in [-0.2, 0) is 12.3 Å². The maximum atomic E-state index is 15.3. The van der Waals surface area contributed by atoms with Gasteiger partial charge in [0.25, 0.3) is 0 Å². The van der Waals surface area contributed by atoms with Crippen LogP contribution in [0.5, 0.6) is 5.75 Å². The average Bonchev–Trinajstić information content (AvgIpc) is 3.00. The molecule has 0 aliphatic heterocycles. The monoisotopic (exact) mass is 664 g/mol. The molecule has 0 saturated heterocycles. The van der Waals surface area contributed by atoms with E-state index in [0.29, 0.717) is 42.3 Å². The minimum atomic E-state index is -4.73. The molecule has 0 atom stereocenters. The van der Waals surface area contributed by atoms with Crippen molar-refractivity contribution in [3.8, 4) is 28.0 Å². The van der Waals surface area contributed by atoms with E-state index in [1.165, 1.54) is 43.9 Å². The van der Waals surface area contributed by atoms with Crippen molar-refractivity contribution in [2.45, 2.75) is 76.5 Å². The number of halogens is 9. The average molecular weight is 665 g/mol. The first-order valence-corrected chi connectivity index (χ1v) is 15.6. The lowest BCUT2D eigenvalue weighted by Crippen LogP contribution is -2.25. The van der Waals surface area contributed by atoms with Crippen LogP contribution in [0.1, 0.15) is 80.9 Å². The maximum Gasteiger partial charge on any atom is 0.432 e. The Balaban J connectivity index is 1.31. The van der Waals surface area contributed by atoms with Gasteiger partial charge in [0.1, 0.15) is 34.6 Å². The molecule has 0 amide bonds. The van der Waals surface area contributed by atoms with Gasteiger partial charge in [-0.1, -0.05) is 56.9 Å². The molecule has 1 aliphatic rings. The van der Waals surface area contributed by atoms with Gasteiger partial charge in [-0.2, -0.15) is 22.0 Å². The molecule has 1 nitrogen and oxygen atoms in total. The number of rotatable bonds is 10. The highest BCUT2D eigenvalue weighted by molar-refractivity contribution is 5.72. The quantitative estimate of drug-likeness (QED) is 0.121. The third-order valence-corrected chi connectivity index (χ3v) is 8.88. The Bertz CT molecular complexity index is 1660. The normalized spacial score (nSPS) is 17.1. The van der Waals surface area contributed by atoms with Crippen LogP contribution in [0.15, 0.2) is 72.8 Å². The number of alkyl halides is 5. The summed E-state index contributed by atoms with van der Waals surface area (Å²) in [5.74, 6) is -4.84. The van der Waals surface area contributed by atoms with E-state index in [-0.39, 0.29) is 22.6 Å². The van der Waals surface area contributed by atoms with Crippen molar-refractivity contribution in [1.82, 2.24) is 0 Å². The van der Waals surface area contributed by atoms with Crippen molar-refractivity contribution in [1.29, 1.82) is 0 Å². The smallest absolute Gasteiger partial charge is 0.429 e. The Kier molecular flexibility index (Phi) is 10.3. The van der Waals surface area contributed by atoms with Crippen molar-refractivity contribution in [3.63, 3.8) is 0 Å². The molecule has 0 N–H and O–H groups in total. The molecule has 1 fully saturated rings. The summed E-state index contributed by atoms with van der Waals surface area (Å²) in [6.07, 6.45) is -0.276. The second-order valence-electron chi connectivity index (χ2n) is 12.1. The van der Waals surface area contributed by atoms with Gasteiger partial charge < -0.3 is 4.74 Å². The van der Waals surface area contributed by atoms with E-state index < -0.39 is 58.0 Å². The predicted octanol–water partition coefficient (Wildman–Crippen LogP) is 12.6. The van der Waals surface area contributed by atoms with Crippen molar-refractivity contribution >= 4 is 0 Å². The van der Waals surface area contributed by atoms with Gasteiger partial charge in [0.15, 0.2) is 0 Å². The summed E-state index contributed by atoms with van der Waals surface area (Å²) in [6, 6.07) is 11.6. The minimum absolute atomic E-state index is 0.139. The Labute approximate surface area is 267 Å². The fraction of sp³-hybridized carbons (Fsp3) is 0.351. The molecule has 1 saturated carbocycles. The van der Waals surface area contributed by atoms with Crippen molar-refractivity contribution in [2.24, 2.45) is 5.92 Å². The molecule has 1 aliphatic carbocycles. The Hall–Kier alpha value is -3.95. The SMILES string of the molecule is CCCCCC1CCC(c2ccc(-c3ccc(-c4cc(F)c(C(F)(F)Oc5ccc(C(F)(F)F)cc5)c(F)c4)c(F)c3)c(F)c2)CC1. The van der Waals surface area contributed by atoms with E-state index in [0.717, 1.165) is 37.3 Å². The third kappa shape index (κ3) is 7.96. The molecule has 4 aromatic rings. The number of unbranched alkanes of at least 4 members (excludes halogenated alkanes) is 2. The molecule has 47 heavy (non-hydrogen) atoms. The van der Waals surface area contributed by atoms with Gasteiger partial charge in [0.05, 0.1) is 5.56 Å². The Morgan fingerprint density at radius 1 is 0.638 bits per heavy atom. The number of hydrogen-bond acceptors (Lipinski definition) is 1. The molecule has 0 aromatic heterocycles. The van der Waals surface area contributed by atoms with Crippen LogP contribution in [-0.4, -0.2) is 0 Å². The van der Waals surface area contributed by atoms with E-state index in [1.54, 1.807) is 6.07 Å². The van der Waals surface area contributed by atoms with E-state index in [2.05, 4.69) is 11.7 Å². The van der Waals surface area contributed by atoms with Crippen LogP contribution in [0.3, 0.4) is 0 Å². The zero-order valence-electron chi connectivity index (χ0n) is 25.5. The van der Waals surface area contributed by atoms with Crippen LogP contribution in [0.2, 0.25) is 0 Å². The van der Waals surface area contributed by atoms with Gasteiger partial charge in [-0.25, -0.2) is 17.6 Å². The first kappa shape index (κ1) is 34.4. The van der Waals surface area contributed by atoms with Gasteiger partial charge in [-0.15, -0.1) is 0 Å². The zero-order valence-corrected chi connectivity index (χ0v) is 25.5. The molecule has 0 unspecified atom stereocenters. The maximum absolute atomic E-state index is 15.3. The predicted molar refractivity (Wildman–Crippen MR) is 162 cm³/mol. The summed E-state index contributed by atoms with van der Waals surface area (Å²) >= 11 is 0. The molecule has 4 aromatic carbocycles. The van der Waals surface area contributed by atoms with E-state index in [9.17, 15) is 30.7 Å². The Morgan fingerprint density at radius 3 is 1.79 bits per heavy atom. The van der Waals surface area contributed by atoms with Gasteiger partial charge in [-0.3, -0.25) is 0 Å². The van der Waals surface area contributed by atoms with Crippen molar-refractivity contribution in [3.05, 3.63) is 113 Å². The molecular weight excluding hydrogens is 631 g/mol. The molecule has 250 valence electrons. The van der Waals surface area contributed by atoms with Gasteiger partial charge >= 0.3 is 12.3 Å². The molecule has 0 radical (unpaired) electrons. The fourth-order valence-electron chi connectivity index (χ4n) is 6.32. The number of ether oxygens (including phenoxy) is 1. The molecule has 0 bridgehead atoms. The Morgan fingerprint density at radius 2 is 1.21 bits per heavy atom. The summed E-state index contributed by atoms with van der Waals surface area (Å²) < 4.78 is 132. The van der Waals surface area contributed by atoms with Crippen molar-refractivity contribution < 1.29 is 44.3 Å². The van der Waals surface area contributed by atoms with Crippen LogP contribution < -0.4 is 4.74 Å². The number of hydrogen-bond donors (Lipinski definition) is 0. The topological polar surface area (TPSA) is 9.23 Å². The molecule has 10 heteroatoms. The largest absolute Gasteiger partial charge is 0.432 e. The van der Waals surface area contributed by atoms with Crippen LogP contribution >= 0.6 is 0 Å². The summed E-state index contributed by atoms with van der Waals surface area (Å²) in [5, 5.41) is 0. The van der Waals surface area contributed by atoms with E-state index >= 15 is 8.78 Å². The summed E-state index contributed by atoms with van der Waals surface area (Å²) in [6.45, 7) is 2.18. The fourth-order valence-corrected chi connectivity index (χ4v) is 6.32. The second kappa shape index (κ2) is 14.0. The first-order chi connectivity index (χ1) is 22.3. The van der Waals surface area contributed by atoms with Crippen LogP contribution in [0.25, 0.3) is 22.3 Å². The lowest BCUT2D eigenvalue weighted by atomic mass is 9.77. The minimum Gasteiger partial charge on any atom is -0.429 e. The highest BCUT2D eigenvalue weighted by Gasteiger charge is 2.41. The van der Waals surface area contributed by atoms with Crippen LogP contribution in [0.4, 0.5) is 39.5 Å². The van der Waals surface area contributed by atoms with Crippen molar-refractivity contribution in [2.75, 3.05) is 0 Å². The van der Waals surface area contributed by atoms with Gasteiger partial charge in [0, 0.05) is 11.1 Å². The van der Waals surface area contributed by atoms with Gasteiger partial charge in [0.2, 0.25) is 0 Å². The highest BCUT2D eigenvalue weighted by Crippen LogP contribution is 2.41. The molecule has 5 rings (SSSR count).